The van der Waals surface area contributed by atoms with Crippen molar-refractivity contribution in [3.63, 3.8) is 0 Å². The van der Waals surface area contributed by atoms with Gasteiger partial charge in [0.25, 0.3) is 5.91 Å². The molecule has 66 heavy (non-hydrogen) atoms. The number of hydrazine groups is 1. The second-order valence-corrected chi connectivity index (χ2v) is 20.7. The number of likely N-dealkylation sites (tertiary alicyclic amines) is 1. The number of aromatic nitrogens is 3. The monoisotopic (exact) mass is 928 g/mol. The molecule has 6 bridgehead atoms. The van der Waals surface area contributed by atoms with Crippen molar-refractivity contribution in [3.8, 4) is 22.5 Å². The lowest BCUT2D eigenvalue weighted by molar-refractivity contribution is -0.189. The van der Waals surface area contributed by atoms with Gasteiger partial charge in [0.1, 0.15) is 12.1 Å². The average Bonchev–Trinajstić information content (AvgIpc) is 3.88. The number of hydrogen-bond donors (Lipinski definition) is 3. The fourth-order valence-electron chi connectivity index (χ4n) is 10.0. The van der Waals surface area contributed by atoms with Crippen LogP contribution >= 0.6 is 11.3 Å². The summed E-state index contributed by atoms with van der Waals surface area (Å²) < 4.78 is 14.1. The summed E-state index contributed by atoms with van der Waals surface area (Å²) in [6.07, 6.45) is 4.24. The van der Waals surface area contributed by atoms with Gasteiger partial charge in [-0.2, -0.15) is 5.43 Å². The van der Waals surface area contributed by atoms with E-state index in [0.717, 1.165) is 64.1 Å². The first-order valence-corrected chi connectivity index (χ1v) is 24.3. The Morgan fingerprint density at radius 3 is 2.61 bits per heavy atom. The Morgan fingerprint density at radius 2 is 1.89 bits per heavy atom. The number of thiazole rings is 1. The third kappa shape index (κ3) is 10.3. The molecule has 0 aliphatic carbocycles. The highest BCUT2D eigenvalue weighted by atomic mass is 32.1. The van der Waals surface area contributed by atoms with Gasteiger partial charge in [-0.15, -0.1) is 11.3 Å². The van der Waals surface area contributed by atoms with E-state index in [0.29, 0.717) is 43.4 Å². The van der Waals surface area contributed by atoms with Gasteiger partial charge in [-0.05, 0) is 95.3 Å². The summed E-state index contributed by atoms with van der Waals surface area (Å²) in [6, 6.07) is 8.03. The molecule has 16 nitrogen and oxygen atoms in total. The number of benzene rings is 1. The predicted octanol–water partition coefficient (Wildman–Crippen LogP) is 5.87. The Morgan fingerprint density at radius 1 is 1.12 bits per heavy atom. The molecular weight excluding hydrogens is 859 g/mol. The maximum atomic E-state index is 14.7. The second kappa shape index (κ2) is 20.1. The van der Waals surface area contributed by atoms with Crippen molar-refractivity contribution in [2.75, 3.05) is 61.0 Å². The van der Waals surface area contributed by atoms with Crippen molar-refractivity contribution in [2.24, 2.45) is 17.3 Å². The molecule has 7 rings (SSSR count). The number of aryl methyl sites for hydroxylation is 1. The van der Waals surface area contributed by atoms with Gasteiger partial charge in [-0.1, -0.05) is 33.8 Å². The lowest BCUT2D eigenvalue weighted by Gasteiger charge is -2.41. The van der Waals surface area contributed by atoms with Gasteiger partial charge < -0.3 is 39.2 Å². The number of fused-ring (bicyclic) bond motifs is 6. The highest BCUT2D eigenvalue weighted by molar-refractivity contribution is 7.10. The Hall–Kier alpha value is -4.94. The van der Waals surface area contributed by atoms with Crippen LogP contribution in [0.15, 0.2) is 41.9 Å². The largest absolute Gasteiger partial charge is 0.462 e. The zero-order valence-corrected chi connectivity index (χ0v) is 41.2. The van der Waals surface area contributed by atoms with Crippen LogP contribution < -0.4 is 10.7 Å². The molecule has 4 aromatic rings. The number of cyclic esters (lactones) is 1. The van der Waals surface area contributed by atoms with E-state index in [1.807, 2.05) is 65.1 Å². The van der Waals surface area contributed by atoms with Crippen LogP contribution in [0.25, 0.3) is 33.4 Å². The molecule has 0 unspecified atom stereocenters. The fraction of sp³-hybridized carbons (Fsp3) is 0.592. The minimum Gasteiger partial charge on any atom is -0.462 e. The van der Waals surface area contributed by atoms with E-state index in [9.17, 15) is 24.3 Å². The molecule has 0 radical (unpaired) electrons. The fourth-order valence-corrected chi connectivity index (χ4v) is 10.9. The minimum atomic E-state index is -2.20. The van der Waals surface area contributed by atoms with Crippen LogP contribution in [0.1, 0.15) is 89.6 Å². The number of carbonyl (C=O) groups excluding carboxylic acids is 4. The molecular formula is C49H69N9O7S. The van der Waals surface area contributed by atoms with E-state index in [-0.39, 0.29) is 44.0 Å². The maximum absolute atomic E-state index is 14.7. The van der Waals surface area contributed by atoms with Gasteiger partial charge in [0.05, 0.1) is 34.8 Å². The number of amides is 4. The van der Waals surface area contributed by atoms with Crippen molar-refractivity contribution in [3.05, 3.63) is 58.2 Å². The number of hydrogen-bond acceptors (Lipinski definition) is 12. The number of nitrogens with one attached hydrogen (secondary N) is 2. The number of carbonyl (C=O) groups is 4. The van der Waals surface area contributed by atoms with Gasteiger partial charge in [0.15, 0.2) is 0 Å². The van der Waals surface area contributed by atoms with Crippen LogP contribution in [0.3, 0.4) is 0 Å². The molecule has 3 aliphatic rings. The van der Waals surface area contributed by atoms with E-state index in [2.05, 4.69) is 51.4 Å². The second-order valence-electron chi connectivity index (χ2n) is 19.8. The summed E-state index contributed by atoms with van der Waals surface area (Å²) in [5.41, 5.74) is 6.41. The van der Waals surface area contributed by atoms with Gasteiger partial charge in [0.2, 0.25) is 11.6 Å². The Kier molecular flexibility index (Phi) is 14.9. The van der Waals surface area contributed by atoms with Gasteiger partial charge in [0, 0.05) is 98.7 Å². The number of aliphatic hydroxyl groups is 1. The number of ether oxygens (including phenoxy) is 2. The number of esters is 1. The lowest BCUT2D eigenvalue weighted by atomic mass is 9.84. The molecule has 0 spiro atoms. The molecule has 5 atom stereocenters. The SMILES string of the molecule is CCn1c(-c2cccnc2[C@H](C)OC)c2c3cc(ccc31)-c1csc(n1)C[C@H](NC(=O)[C@H](C(C)C)N(C)C(=O)N1CCC[C@H](CN(C)C)C1)C(=O)N1CCC[C@@](O)(N1)C(=O)OCC(C)(C)C2. The molecule has 2 fully saturated rings. The highest BCUT2D eigenvalue weighted by Gasteiger charge is 2.46. The number of likely N-dealkylation sites (N-methyl/N-ethyl adjacent to an activating group) is 1. The zero-order valence-electron chi connectivity index (χ0n) is 40.3. The quantitative estimate of drug-likeness (QED) is 0.162. The first-order chi connectivity index (χ1) is 31.3. The number of pyridine rings is 1. The summed E-state index contributed by atoms with van der Waals surface area (Å²) >= 11 is 1.39. The Balaban J connectivity index is 1.28. The minimum absolute atomic E-state index is 0.00944. The predicted molar refractivity (Wildman–Crippen MR) is 255 cm³/mol. The van der Waals surface area contributed by atoms with Gasteiger partial charge in [-0.3, -0.25) is 19.6 Å². The van der Waals surface area contributed by atoms with Crippen molar-refractivity contribution in [2.45, 2.75) is 111 Å². The van der Waals surface area contributed by atoms with E-state index in [1.165, 1.54) is 21.2 Å². The molecule has 3 N–H and O–H groups in total. The third-order valence-electron chi connectivity index (χ3n) is 13.3. The van der Waals surface area contributed by atoms with Crippen LogP contribution in [0.4, 0.5) is 4.79 Å². The normalized spacial score (nSPS) is 22.6. The molecule has 4 amide bonds. The van der Waals surface area contributed by atoms with E-state index < -0.39 is 41.0 Å². The van der Waals surface area contributed by atoms with E-state index in [1.54, 1.807) is 20.4 Å². The van der Waals surface area contributed by atoms with Crippen LogP contribution in [0.2, 0.25) is 0 Å². The lowest BCUT2D eigenvalue weighted by Crippen LogP contribution is -2.67. The van der Waals surface area contributed by atoms with Crippen molar-refractivity contribution >= 4 is 46.1 Å². The van der Waals surface area contributed by atoms with Gasteiger partial charge in [-0.25, -0.2) is 14.6 Å². The molecule has 6 heterocycles. The maximum Gasteiger partial charge on any atom is 0.355 e. The topological polar surface area (TPSA) is 175 Å². The molecule has 3 aromatic heterocycles. The van der Waals surface area contributed by atoms with Crippen molar-refractivity contribution in [1.82, 2.24) is 45.0 Å². The number of piperidine rings is 1. The average molecular weight is 928 g/mol. The smallest absolute Gasteiger partial charge is 0.355 e. The highest BCUT2D eigenvalue weighted by Crippen LogP contribution is 2.42. The molecule has 17 heteroatoms. The van der Waals surface area contributed by atoms with Gasteiger partial charge >= 0.3 is 12.0 Å². The third-order valence-corrected chi connectivity index (χ3v) is 14.2. The number of nitrogens with zero attached hydrogens (tertiary/aromatic N) is 7. The molecule has 3 aliphatic heterocycles. The van der Waals surface area contributed by atoms with Crippen LogP contribution in [0.5, 0.6) is 0 Å². The van der Waals surface area contributed by atoms with Crippen molar-refractivity contribution < 1.29 is 33.8 Å². The number of rotatable bonds is 10. The summed E-state index contributed by atoms with van der Waals surface area (Å²) in [5, 5.41) is 19.7. The van der Waals surface area contributed by atoms with Crippen LogP contribution in [-0.4, -0.2) is 142 Å². The summed E-state index contributed by atoms with van der Waals surface area (Å²) in [6.45, 7) is 14.8. The van der Waals surface area contributed by atoms with Crippen LogP contribution in [-0.2, 0) is 43.2 Å². The summed E-state index contributed by atoms with van der Waals surface area (Å²) in [7, 11) is 7.38. The van der Waals surface area contributed by atoms with Crippen LogP contribution in [0, 0.1) is 17.3 Å². The molecule has 2 saturated heterocycles. The zero-order chi connectivity index (χ0) is 47.7. The standard InChI is InChI=1S/C49H69N9O7S/c1-11-57-39-18-17-33-23-35(39)36(43(57)34-16-12-20-50-41(34)31(4)64-10)25-48(5,6)29-65-46(61)49(63)19-14-22-58(53-49)45(60)37(24-40-51-38(33)28-66-40)52-44(59)42(30(2)3)55(9)47(62)56-21-13-15-32(27-56)26-54(7)8/h12,16-18,20,23,28,30-32,37,42,53,63H,11,13-15,19,21-22,24-27,29H2,1-10H3,(H,52,59)/t31-,32+,37-,42-,49-/m0/s1. The van der Waals surface area contributed by atoms with Crippen molar-refractivity contribution in [1.29, 1.82) is 0 Å². The Labute approximate surface area is 393 Å². The molecule has 1 aromatic carbocycles. The Bertz CT molecular complexity index is 2410. The first kappa shape index (κ1) is 49.0. The summed E-state index contributed by atoms with van der Waals surface area (Å²) in [4.78, 5) is 72.6. The number of methoxy groups -OCH3 is 1. The summed E-state index contributed by atoms with van der Waals surface area (Å²) in [5.74, 6) is -1.90. The van der Waals surface area contributed by atoms with E-state index >= 15 is 0 Å². The van der Waals surface area contributed by atoms with E-state index in [4.69, 9.17) is 19.4 Å². The molecule has 358 valence electrons. The number of urea groups is 1. The molecule has 0 saturated carbocycles. The first-order valence-electron chi connectivity index (χ1n) is 23.4.